The van der Waals surface area contributed by atoms with Gasteiger partial charge in [0.05, 0.1) is 6.04 Å². The standard InChI is InChI=1S/C8H13NO/c1-3-7(9)8-5-4-6(2)10-8/h4-5,7H,3,9H2,1-2H3/t7-/m1/s1. The van der Waals surface area contributed by atoms with Gasteiger partial charge < -0.3 is 10.2 Å². The zero-order valence-electron chi connectivity index (χ0n) is 6.42. The molecule has 2 nitrogen and oxygen atoms in total. The van der Waals surface area contributed by atoms with Gasteiger partial charge >= 0.3 is 0 Å². The van der Waals surface area contributed by atoms with Crippen molar-refractivity contribution in [3.05, 3.63) is 23.7 Å². The molecule has 2 heteroatoms. The summed E-state index contributed by atoms with van der Waals surface area (Å²) in [6.45, 7) is 3.97. The number of hydrogen-bond donors (Lipinski definition) is 1. The van der Waals surface area contributed by atoms with E-state index >= 15 is 0 Å². The molecule has 0 saturated heterocycles. The summed E-state index contributed by atoms with van der Waals surface area (Å²) in [5.41, 5.74) is 5.71. The first-order valence-corrected chi connectivity index (χ1v) is 3.56. The molecule has 1 heterocycles. The van der Waals surface area contributed by atoms with Crippen LogP contribution in [0.25, 0.3) is 0 Å². The molecule has 10 heavy (non-hydrogen) atoms. The lowest BCUT2D eigenvalue weighted by Gasteiger charge is -2.02. The number of aryl methyl sites for hydroxylation is 1. The average Bonchev–Trinajstić information content (AvgIpc) is 2.34. The van der Waals surface area contributed by atoms with Crippen LogP contribution in [0.5, 0.6) is 0 Å². The predicted octanol–water partition coefficient (Wildman–Crippen LogP) is 2.00. The Bertz CT molecular complexity index is 205. The van der Waals surface area contributed by atoms with Crippen molar-refractivity contribution in [1.82, 2.24) is 0 Å². The first-order chi connectivity index (χ1) is 4.74. The van der Waals surface area contributed by atoms with Crippen molar-refractivity contribution in [2.75, 3.05) is 0 Å². The van der Waals surface area contributed by atoms with Crippen molar-refractivity contribution in [1.29, 1.82) is 0 Å². The Morgan fingerprint density at radius 3 is 2.70 bits per heavy atom. The quantitative estimate of drug-likeness (QED) is 0.680. The van der Waals surface area contributed by atoms with Gasteiger partial charge in [0.15, 0.2) is 0 Å². The van der Waals surface area contributed by atoms with E-state index in [9.17, 15) is 0 Å². The molecule has 0 aromatic carbocycles. The molecule has 1 atom stereocenters. The molecule has 2 N–H and O–H groups in total. The minimum atomic E-state index is 0.0636. The smallest absolute Gasteiger partial charge is 0.120 e. The van der Waals surface area contributed by atoms with Gasteiger partial charge in [0.1, 0.15) is 11.5 Å². The maximum atomic E-state index is 5.71. The summed E-state index contributed by atoms with van der Waals surface area (Å²) < 4.78 is 5.31. The summed E-state index contributed by atoms with van der Waals surface area (Å²) >= 11 is 0. The van der Waals surface area contributed by atoms with E-state index in [0.717, 1.165) is 17.9 Å². The largest absolute Gasteiger partial charge is 0.465 e. The summed E-state index contributed by atoms with van der Waals surface area (Å²) in [7, 11) is 0. The molecule has 0 aliphatic heterocycles. The molecule has 0 amide bonds. The van der Waals surface area contributed by atoms with Crippen LogP contribution in [0.1, 0.15) is 30.9 Å². The Labute approximate surface area is 61.0 Å². The van der Waals surface area contributed by atoms with Crippen LogP contribution >= 0.6 is 0 Å². The fraction of sp³-hybridized carbons (Fsp3) is 0.500. The summed E-state index contributed by atoms with van der Waals surface area (Å²) in [4.78, 5) is 0. The minimum absolute atomic E-state index is 0.0636. The molecular formula is C8H13NO. The van der Waals surface area contributed by atoms with E-state index in [1.54, 1.807) is 0 Å². The van der Waals surface area contributed by atoms with Crippen LogP contribution in [0.4, 0.5) is 0 Å². The molecule has 1 aromatic rings. The van der Waals surface area contributed by atoms with Crippen molar-refractivity contribution in [2.24, 2.45) is 5.73 Å². The first-order valence-electron chi connectivity index (χ1n) is 3.56. The zero-order valence-corrected chi connectivity index (χ0v) is 6.42. The highest BCUT2D eigenvalue weighted by molar-refractivity contribution is 5.08. The van der Waals surface area contributed by atoms with Crippen LogP contribution in [-0.4, -0.2) is 0 Å². The second kappa shape index (κ2) is 2.88. The molecule has 0 unspecified atom stereocenters. The number of furan rings is 1. The van der Waals surface area contributed by atoms with E-state index in [2.05, 4.69) is 0 Å². The Hall–Kier alpha value is -0.760. The molecule has 0 saturated carbocycles. The maximum absolute atomic E-state index is 5.71. The van der Waals surface area contributed by atoms with Gasteiger partial charge in [0, 0.05) is 0 Å². The van der Waals surface area contributed by atoms with Crippen LogP contribution in [0, 0.1) is 6.92 Å². The van der Waals surface area contributed by atoms with Gasteiger partial charge in [0.2, 0.25) is 0 Å². The topological polar surface area (TPSA) is 39.2 Å². The second-order valence-electron chi connectivity index (χ2n) is 2.46. The molecule has 0 aliphatic rings. The lowest BCUT2D eigenvalue weighted by molar-refractivity contribution is 0.441. The fourth-order valence-electron chi connectivity index (χ4n) is 0.854. The molecule has 56 valence electrons. The molecule has 0 aliphatic carbocycles. The summed E-state index contributed by atoms with van der Waals surface area (Å²) in [5, 5.41) is 0. The van der Waals surface area contributed by atoms with Gasteiger partial charge in [-0.3, -0.25) is 0 Å². The third kappa shape index (κ3) is 1.39. The van der Waals surface area contributed by atoms with Crippen LogP contribution < -0.4 is 5.73 Å². The van der Waals surface area contributed by atoms with Crippen LogP contribution in [-0.2, 0) is 0 Å². The monoisotopic (exact) mass is 139 g/mol. The van der Waals surface area contributed by atoms with Crippen molar-refractivity contribution < 1.29 is 4.42 Å². The molecule has 1 aromatic heterocycles. The number of hydrogen-bond acceptors (Lipinski definition) is 2. The highest BCUT2D eigenvalue weighted by Crippen LogP contribution is 2.15. The first kappa shape index (κ1) is 7.35. The van der Waals surface area contributed by atoms with Crippen molar-refractivity contribution in [3.8, 4) is 0 Å². The Morgan fingerprint density at radius 1 is 1.60 bits per heavy atom. The van der Waals surface area contributed by atoms with Crippen LogP contribution in [0.15, 0.2) is 16.5 Å². The van der Waals surface area contributed by atoms with Crippen LogP contribution in [0.2, 0.25) is 0 Å². The number of rotatable bonds is 2. The third-order valence-corrected chi connectivity index (χ3v) is 1.57. The zero-order chi connectivity index (χ0) is 7.56. The van der Waals surface area contributed by atoms with E-state index in [1.165, 1.54) is 0 Å². The summed E-state index contributed by atoms with van der Waals surface area (Å²) in [6, 6.07) is 3.93. The Kier molecular flexibility index (Phi) is 2.12. The molecular weight excluding hydrogens is 126 g/mol. The van der Waals surface area contributed by atoms with E-state index in [0.29, 0.717) is 0 Å². The average molecular weight is 139 g/mol. The number of nitrogens with two attached hydrogens (primary N) is 1. The molecule has 1 rings (SSSR count). The van der Waals surface area contributed by atoms with Crippen molar-refractivity contribution >= 4 is 0 Å². The molecule has 0 fully saturated rings. The van der Waals surface area contributed by atoms with E-state index in [1.807, 2.05) is 26.0 Å². The van der Waals surface area contributed by atoms with Gasteiger partial charge in [-0.15, -0.1) is 0 Å². The van der Waals surface area contributed by atoms with Gasteiger partial charge in [-0.05, 0) is 25.5 Å². The second-order valence-corrected chi connectivity index (χ2v) is 2.46. The highest BCUT2D eigenvalue weighted by atomic mass is 16.3. The summed E-state index contributed by atoms with van der Waals surface area (Å²) in [5.74, 6) is 1.82. The van der Waals surface area contributed by atoms with Crippen molar-refractivity contribution in [2.45, 2.75) is 26.3 Å². The predicted molar refractivity (Wildman–Crippen MR) is 40.7 cm³/mol. The molecule has 0 bridgehead atoms. The normalized spacial score (nSPS) is 13.5. The minimum Gasteiger partial charge on any atom is -0.465 e. The van der Waals surface area contributed by atoms with Gasteiger partial charge in [-0.1, -0.05) is 6.92 Å². The van der Waals surface area contributed by atoms with Crippen molar-refractivity contribution in [3.63, 3.8) is 0 Å². The SMILES string of the molecule is CC[C@@H](N)c1ccc(C)o1. The summed E-state index contributed by atoms with van der Waals surface area (Å²) in [6.07, 6.45) is 0.924. The van der Waals surface area contributed by atoms with Crippen LogP contribution in [0.3, 0.4) is 0 Å². The lowest BCUT2D eigenvalue weighted by atomic mass is 10.2. The van der Waals surface area contributed by atoms with E-state index < -0.39 is 0 Å². The van der Waals surface area contributed by atoms with Gasteiger partial charge in [-0.2, -0.15) is 0 Å². The van der Waals surface area contributed by atoms with Gasteiger partial charge in [-0.25, -0.2) is 0 Å². The van der Waals surface area contributed by atoms with E-state index in [4.69, 9.17) is 10.2 Å². The Balaban J connectivity index is 2.74. The molecule has 0 spiro atoms. The lowest BCUT2D eigenvalue weighted by Crippen LogP contribution is -2.06. The maximum Gasteiger partial charge on any atom is 0.120 e. The highest BCUT2D eigenvalue weighted by Gasteiger charge is 2.05. The van der Waals surface area contributed by atoms with Gasteiger partial charge in [0.25, 0.3) is 0 Å². The third-order valence-electron chi connectivity index (χ3n) is 1.57. The molecule has 0 radical (unpaired) electrons. The van der Waals surface area contributed by atoms with E-state index in [-0.39, 0.29) is 6.04 Å². The fourth-order valence-corrected chi connectivity index (χ4v) is 0.854. The Morgan fingerprint density at radius 2 is 2.30 bits per heavy atom.